The van der Waals surface area contributed by atoms with Gasteiger partial charge in [0, 0.05) is 34.7 Å². The molecule has 0 saturated heterocycles. The van der Waals surface area contributed by atoms with E-state index >= 15 is 0 Å². The molecule has 0 unspecified atom stereocenters. The maximum atomic E-state index is 14.3. The number of halogens is 3. The lowest BCUT2D eigenvalue weighted by Gasteiger charge is -2.45. The molecule has 0 radical (unpaired) electrons. The van der Waals surface area contributed by atoms with Crippen LogP contribution in [-0.2, 0) is 11.0 Å². The molecule has 0 amide bonds. The summed E-state index contributed by atoms with van der Waals surface area (Å²) in [4.78, 5) is 15.2. The number of allylic oxidation sites excluding steroid dienone is 2. The first-order valence-electron chi connectivity index (χ1n) is 13.6. The van der Waals surface area contributed by atoms with Crippen molar-refractivity contribution in [3.05, 3.63) is 106 Å². The zero-order chi connectivity index (χ0) is 30.0. The van der Waals surface area contributed by atoms with Gasteiger partial charge in [-0.3, -0.25) is 15.1 Å². The first-order chi connectivity index (χ1) is 19.9. The maximum absolute atomic E-state index is 14.3. The summed E-state index contributed by atoms with van der Waals surface area (Å²) in [6, 6.07) is 17.1. The van der Waals surface area contributed by atoms with E-state index in [0.29, 0.717) is 28.3 Å². The van der Waals surface area contributed by atoms with E-state index < -0.39 is 23.1 Å². The Kier molecular flexibility index (Phi) is 6.44. The van der Waals surface area contributed by atoms with Crippen LogP contribution in [-0.4, -0.2) is 23.5 Å². The van der Waals surface area contributed by atoms with E-state index in [9.17, 15) is 28.5 Å². The maximum Gasteiger partial charge on any atom is 0.418 e. The molecule has 1 aliphatic carbocycles. The third-order valence-electron chi connectivity index (χ3n) is 7.98. The van der Waals surface area contributed by atoms with Crippen LogP contribution in [0.4, 0.5) is 18.9 Å². The standard InChI is InChI=1S/C33H29F3N2O4/c1-18-8-10-19(11-9-18)30(40)29-27(20-12-13-25-26(14-20)42-17-41-25)28-23(15-32(2,3)16-24(28)39)38(31(29)37)22-7-5-4-6-21(22)33(34,35)36/h4-14,27,37,40H,15-17H2,1-3H3/t27-/m1/s1. The van der Waals surface area contributed by atoms with Gasteiger partial charge in [0.1, 0.15) is 11.6 Å². The summed E-state index contributed by atoms with van der Waals surface area (Å²) < 4.78 is 54.1. The van der Waals surface area contributed by atoms with Crippen molar-refractivity contribution in [3.8, 4) is 11.5 Å². The molecule has 0 spiro atoms. The third-order valence-corrected chi connectivity index (χ3v) is 7.98. The van der Waals surface area contributed by atoms with Gasteiger partial charge in [0.05, 0.1) is 11.3 Å². The van der Waals surface area contributed by atoms with Gasteiger partial charge >= 0.3 is 6.18 Å². The number of benzene rings is 3. The largest absolute Gasteiger partial charge is 0.507 e. The van der Waals surface area contributed by atoms with Gasteiger partial charge in [0.15, 0.2) is 17.3 Å². The van der Waals surface area contributed by atoms with Crippen molar-refractivity contribution in [1.29, 1.82) is 5.41 Å². The lowest BCUT2D eigenvalue weighted by atomic mass is 9.67. The quantitative estimate of drug-likeness (QED) is 0.311. The molecule has 6 nitrogen and oxygen atoms in total. The molecule has 0 bridgehead atoms. The van der Waals surface area contributed by atoms with Gasteiger partial charge in [-0.15, -0.1) is 0 Å². The van der Waals surface area contributed by atoms with E-state index in [1.807, 2.05) is 20.8 Å². The molecular formula is C33H29F3N2O4. The number of ketones is 1. The van der Waals surface area contributed by atoms with Crippen molar-refractivity contribution in [2.45, 2.75) is 45.7 Å². The number of anilines is 1. The smallest absolute Gasteiger partial charge is 0.418 e. The SMILES string of the molecule is Cc1ccc(C(O)=C2C(=N)N(c3ccccc3C(F)(F)F)C3=C(C(=O)CC(C)(C)C3)[C@H]2c2ccc3c(c2)OCO3)cc1. The molecule has 0 aromatic heterocycles. The average molecular weight is 575 g/mol. The van der Waals surface area contributed by atoms with Gasteiger partial charge in [0.2, 0.25) is 6.79 Å². The van der Waals surface area contributed by atoms with E-state index in [1.165, 1.54) is 23.1 Å². The van der Waals surface area contributed by atoms with Crippen LogP contribution in [0.5, 0.6) is 11.5 Å². The molecule has 1 atom stereocenters. The number of para-hydroxylation sites is 1. The number of amidine groups is 1. The number of carbonyl (C=O) groups is 1. The van der Waals surface area contributed by atoms with Crippen LogP contribution >= 0.6 is 0 Å². The number of fused-ring (bicyclic) bond motifs is 1. The Morgan fingerprint density at radius 1 is 1.00 bits per heavy atom. The number of carbonyl (C=O) groups excluding carboxylic acids is 1. The molecule has 3 aromatic carbocycles. The lowest BCUT2D eigenvalue weighted by molar-refractivity contribution is -0.137. The van der Waals surface area contributed by atoms with Crippen molar-refractivity contribution in [2.75, 3.05) is 11.7 Å². The fraction of sp³-hybridized carbons (Fsp3) is 0.273. The highest BCUT2D eigenvalue weighted by atomic mass is 19.4. The molecule has 42 heavy (non-hydrogen) atoms. The number of alkyl halides is 3. The molecule has 0 saturated carbocycles. The Balaban J connectivity index is 1.69. The monoisotopic (exact) mass is 574 g/mol. The Bertz CT molecular complexity index is 1690. The van der Waals surface area contributed by atoms with Crippen molar-refractivity contribution >= 4 is 23.1 Å². The third kappa shape index (κ3) is 4.62. The first kappa shape index (κ1) is 27.6. The van der Waals surface area contributed by atoms with Crippen LogP contribution < -0.4 is 14.4 Å². The highest BCUT2D eigenvalue weighted by Crippen LogP contribution is 2.53. The zero-order valence-corrected chi connectivity index (χ0v) is 23.3. The Hall–Kier alpha value is -4.53. The number of aryl methyl sites for hydroxylation is 1. The number of hydrogen-bond donors (Lipinski definition) is 2. The van der Waals surface area contributed by atoms with Crippen LogP contribution in [0.25, 0.3) is 5.76 Å². The van der Waals surface area contributed by atoms with Gasteiger partial charge < -0.3 is 14.6 Å². The highest BCUT2D eigenvalue weighted by Gasteiger charge is 2.48. The molecule has 3 aliphatic rings. The number of aliphatic hydroxyl groups is 1. The van der Waals surface area contributed by atoms with E-state index in [-0.39, 0.29) is 53.8 Å². The van der Waals surface area contributed by atoms with E-state index in [2.05, 4.69) is 0 Å². The number of hydrogen-bond acceptors (Lipinski definition) is 5. The van der Waals surface area contributed by atoms with Crippen LogP contribution in [0, 0.1) is 17.7 Å². The van der Waals surface area contributed by atoms with Gasteiger partial charge in [-0.2, -0.15) is 13.2 Å². The van der Waals surface area contributed by atoms with Crippen LogP contribution in [0.15, 0.2) is 83.6 Å². The molecular weight excluding hydrogens is 545 g/mol. The normalized spacial score (nSPS) is 21.0. The fourth-order valence-electron chi connectivity index (χ4n) is 6.08. The second-order valence-electron chi connectivity index (χ2n) is 11.7. The molecule has 0 fully saturated rings. The predicted molar refractivity (Wildman–Crippen MR) is 153 cm³/mol. The summed E-state index contributed by atoms with van der Waals surface area (Å²) in [6.45, 7) is 5.69. The topological polar surface area (TPSA) is 82.9 Å². The molecule has 6 rings (SSSR count). The van der Waals surface area contributed by atoms with E-state index in [1.54, 1.807) is 42.5 Å². The Morgan fingerprint density at radius 3 is 2.40 bits per heavy atom. The van der Waals surface area contributed by atoms with Crippen molar-refractivity contribution in [3.63, 3.8) is 0 Å². The molecule has 2 heterocycles. The minimum absolute atomic E-state index is 0.0274. The minimum Gasteiger partial charge on any atom is -0.507 e. The van der Waals surface area contributed by atoms with E-state index in [0.717, 1.165) is 11.6 Å². The van der Waals surface area contributed by atoms with Gasteiger partial charge in [-0.25, -0.2) is 0 Å². The Labute approximate surface area is 241 Å². The van der Waals surface area contributed by atoms with Gasteiger partial charge in [-0.05, 0) is 48.6 Å². The van der Waals surface area contributed by atoms with Crippen LogP contribution in [0.1, 0.15) is 54.9 Å². The first-order valence-corrected chi connectivity index (χ1v) is 13.6. The summed E-state index contributed by atoms with van der Waals surface area (Å²) in [7, 11) is 0. The van der Waals surface area contributed by atoms with E-state index in [4.69, 9.17) is 9.47 Å². The number of nitrogens with one attached hydrogen (secondary N) is 1. The number of rotatable bonds is 3. The summed E-state index contributed by atoms with van der Waals surface area (Å²) in [5, 5.41) is 21.3. The molecule has 2 aliphatic heterocycles. The number of Topliss-reactive ketones (excluding diaryl/α,β-unsaturated/α-hetero) is 1. The second kappa shape index (κ2) is 9.79. The number of aliphatic hydroxyl groups excluding tert-OH is 1. The number of nitrogens with zero attached hydrogens (tertiary/aromatic N) is 1. The summed E-state index contributed by atoms with van der Waals surface area (Å²) in [6.07, 6.45) is -4.31. The van der Waals surface area contributed by atoms with Crippen molar-refractivity contribution in [1.82, 2.24) is 0 Å². The summed E-state index contributed by atoms with van der Waals surface area (Å²) in [5.41, 5.74) is 0.709. The molecule has 2 N–H and O–H groups in total. The predicted octanol–water partition coefficient (Wildman–Crippen LogP) is 7.94. The fourth-order valence-corrected chi connectivity index (χ4v) is 6.08. The molecule has 9 heteroatoms. The lowest BCUT2D eigenvalue weighted by Crippen LogP contribution is -2.45. The highest BCUT2D eigenvalue weighted by molar-refractivity contribution is 6.20. The van der Waals surface area contributed by atoms with Crippen LogP contribution in [0.3, 0.4) is 0 Å². The second-order valence-corrected chi connectivity index (χ2v) is 11.7. The van der Waals surface area contributed by atoms with Gasteiger partial charge in [0.25, 0.3) is 0 Å². The average Bonchev–Trinajstić information content (AvgIpc) is 3.39. The Morgan fingerprint density at radius 2 is 1.69 bits per heavy atom. The van der Waals surface area contributed by atoms with Crippen LogP contribution in [0.2, 0.25) is 0 Å². The summed E-state index contributed by atoms with van der Waals surface area (Å²) >= 11 is 0. The van der Waals surface area contributed by atoms with Crippen molar-refractivity contribution < 1.29 is 32.5 Å². The molecule has 3 aromatic rings. The summed E-state index contributed by atoms with van der Waals surface area (Å²) in [5.74, 6) is -0.841. The minimum atomic E-state index is -4.72. The van der Waals surface area contributed by atoms with Crippen molar-refractivity contribution in [2.24, 2.45) is 5.41 Å². The number of ether oxygens (including phenoxy) is 2. The zero-order valence-electron chi connectivity index (χ0n) is 23.3. The molecule has 216 valence electrons. The van der Waals surface area contributed by atoms with Gasteiger partial charge in [-0.1, -0.05) is 61.9 Å².